The Labute approximate surface area is 111 Å². The average Bonchev–Trinajstić information content (AvgIpc) is 2.50. The molecule has 0 radical (unpaired) electrons. The van der Waals surface area contributed by atoms with E-state index in [9.17, 15) is 19.8 Å². The maximum absolute atomic E-state index is 10.7. The van der Waals surface area contributed by atoms with Gasteiger partial charge >= 0.3 is 0 Å². The molecule has 8 heteroatoms. The number of carbonyl (C=O) groups is 2. The van der Waals surface area contributed by atoms with Crippen molar-refractivity contribution in [1.82, 2.24) is 5.32 Å². The van der Waals surface area contributed by atoms with Crippen LogP contribution in [0.4, 0.5) is 0 Å². The first-order valence-electron chi connectivity index (χ1n) is 4.24. The Kier molecular flexibility index (Phi) is 5.57. The zero-order valence-corrected chi connectivity index (χ0v) is 11.7. The summed E-state index contributed by atoms with van der Waals surface area (Å²) in [6.07, 6.45) is -1.95. The van der Waals surface area contributed by atoms with Gasteiger partial charge in [-0.15, -0.1) is 0 Å². The van der Waals surface area contributed by atoms with Gasteiger partial charge in [-0.2, -0.15) is 6.61 Å². The molecule has 0 aromatic rings. The maximum atomic E-state index is 10.7. The predicted octanol–water partition coefficient (Wildman–Crippen LogP) is -3.87. The molecule has 84 valence electrons. The van der Waals surface area contributed by atoms with Gasteiger partial charge < -0.3 is 30.2 Å². The summed E-state index contributed by atoms with van der Waals surface area (Å²) in [5.74, 6) is -3.23. The number of amides is 1. The third-order valence-corrected chi connectivity index (χ3v) is 1.80. The van der Waals surface area contributed by atoms with Crippen LogP contribution in [0.5, 0.6) is 0 Å². The Morgan fingerprint density at radius 1 is 1.67 bits per heavy atom. The zero-order valence-electron chi connectivity index (χ0n) is 8.50. The molecule has 0 saturated carbocycles. The Morgan fingerprint density at radius 2 is 2.33 bits per heavy atom. The van der Waals surface area contributed by atoms with Crippen LogP contribution >= 0.6 is 0 Å². The van der Waals surface area contributed by atoms with Crippen molar-refractivity contribution >= 4 is 11.9 Å². The zero-order chi connectivity index (χ0) is 11.4. The number of carboxylic acids is 1. The standard InChI is InChI=1S/C7H10NO6.U/c9-1-4-5(10)3(2-14-4)8-6(11)7(12)13;/h2-5,9-10H,1H2,(H,8,11)(H,12,13);/q-1;/p-1/t3?,4-,5-;/m1./s1/i9T;. The van der Waals surface area contributed by atoms with Gasteiger partial charge in [-0.05, 0) is 6.04 Å². The topological polar surface area (TPSA) is 119 Å². The van der Waals surface area contributed by atoms with Crippen LogP contribution in [0.2, 0.25) is 0 Å². The number of aliphatic hydroxyl groups excluding tert-OH is 2. The Balaban J connectivity index is 0.00000225. The third kappa shape index (κ3) is 3.74. The molecule has 1 unspecified atom stereocenters. The summed E-state index contributed by atoms with van der Waals surface area (Å²) >= 11 is 0. The summed E-state index contributed by atoms with van der Waals surface area (Å²) < 4.78 is 11.3. The molecule has 7 nitrogen and oxygen atoms in total. The molecule has 15 heavy (non-hydrogen) atoms. The van der Waals surface area contributed by atoms with Crippen molar-refractivity contribution in [3.05, 3.63) is 6.61 Å². The molecular weight excluding hydrogens is 432 g/mol. The largest absolute Gasteiger partial charge is 0.544 e. The second kappa shape index (κ2) is 6.45. The minimum absolute atomic E-state index is 0. The number of carbonyl (C=O) groups excluding carboxylic acids is 2. The Morgan fingerprint density at radius 3 is 2.87 bits per heavy atom. The molecule has 0 bridgehead atoms. The first-order valence-corrected chi connectivity index (χ1v) is 3.83. The van der Waals surface area contributed by atoms with Gasteiger partial charge in [-0.1, -0.05) is 0 Å². The van der Waals surface area contributed by atoms with Gasteiger partial charge in [-0.3, -0.25) is 4.79 Å². The summed E-state index contributed by atoms with van der Waals surface area (Å²) in [6, 6.07) is -0.949. The van der Waals surface area contributed by atoms with E-state index in [-0.39, 0.29) is 37.7 Å². The summed E-state index contributed by atoms with van der Waals surface area (Å²) in [4.78, 5) is 20.8. The van der Waals surface area contributed by atoms with Gasteiger partial charge in [0.15, 0.2) is 0 Å². The van der Waals surface area contributed by atoms with Crippen LogP contribution in [0.1, 0.15) is 0 Å². The molecule has 1 aliphatic heterocycles. The van der Waals surface area contributed by atoms with Crippen LogP contribution < -0.4 is 10.4 Å². The summed E-state index contributed by atoms with van der Waals surface area (Å²) in [5, 5.41) is 25.5. The van der Waals surface area contributed by atoms with Gasteiger partial charge in [-0.25, -0.2) is 0 Å². The first kappa shape index (κ1) is 12.9. The van der Waals surface area contributed by atoms with Crippen molar-refractivity contribution in [1.29, 1.82) is 1.43 Å². The van der Waals surface area contributed by atoms with E-state index in [0.717, 1.165) is 6.61 Å². The van der Waals surface area contributed by atoms with Gasteiger partial charge in [0.25, 0.3) is 5.91 Å². The van der Waals surface area contributed by atoms with Crippen LogP contribution in [0.25, 0.3) is 0 Å². The summed E-state index contributed by atoms with van der Waals surface area (Å²) in [6.45, 7) is 0.893. The molecule has 1 heterocycles. The molecule has 0 spiro atoms. The average molecular weight is 443 g/mol. The molecule has 3 N–H and O–H groups in total. The fourth-order valence-corrected chi connectivity index (χ4v) is 1.05. The molecule has 3 atom stereocenters. The van der Waals surface area contributed by atoms with E-state index in [2.05, 4.69) is 5.11 Å². The number of hydrogen-bond donors (Lipinski definition) is 3. The van der Waals surface area contributed by atoms with E-state index < -0.39 is 30.1 Å². The quantitative estimate of drug-likeness (QED) is 0.304. The second-order valence-corrected chi connectivity index (χ2v) is 2.75. The molecule has 0 aromatic carbocycles. The molecule has 1 aliphatic rings. The van der Waals surface area contributed by atoms with Crippen LogP contribution in [0.15, 0.2) is 0 Å². The van der Waals surface area contributed by atoms with Crippen molar-refractivity contribution in [2.24, 2.45) is 0 Å². The van der Waals surface area contributed by atoms with E-state index >= 15 is 0 Å². The summed E-state index contributed by atoms with van der Waals surface area (Å²) in [7, 11) is 0. The fraction of sp³-hybridized carbons (Fsp3) is 0.571. The van der Waals surface area contributed by atoms with Crippen molar-refractivity contribution in [2.45, 2.75) is 18.2 Å². The van der Waals surface area contributed by atoms with E-state index in [4.69, 9.17) is 6.17 Å². The Hall–Kier alpha value is -0.128. The van der Waals surface area contributed by atoms with E-state index in [1.54, 1.807) is 0 Å². The predicted molar refractivity (Wildman–Crippen MR) is 39.2 cm³/mol. The van der Waals surface area contributed by atoms with Gasteiger partial charge in [0.05, 0.1) is 18.8 Å². The van der Waals surface area contributed by atoms with Crippen LogP contribution in [0, 0.1) is 37.7 Å². The molecule has 1 saturated heterocycles. The van der Waals surface area contributed by atoms with Crippen LogP contribution in [0.3, 0.4) is 0 Å². The number of aliphatic carboxylic acids is 1. The van der Waals surface area contributed by atoms with E-state index in [1.165, 1.54) is 0 Å². The number of ether oxygens (including phenoxy) is 1. The van der Waals surface area contributed by atoms with Crippen molar-refractivity contribution in [2.75, 3.05) is 6.61 Å². The third-order valence-electron chi connectivity index (χ3n) is 1.80. The van der Waals surface area contributed by atoms with Crippen LogP contribution in [-0.2, 0) is 14.3 Å². The fourth-order valence-electron chi connectivity index (χ4n) is 1.05. The minimum Gasteiger partial charge on any atom is -0.544 e. The normalized spacial score (nSPS) is 30.2. The molecule has 0 aliphatic carbocycles. The van der Waals surface area contributed by atoms with Gasteiger partial charge in [0.2, 0.25) is 1.43 Å². The molecular formula is C7H9NO6U-2. The monoisotopic (exact) mass is 443 g/mol. The number of hydrogen-bond acceptors (Lipinski definition) is 6. The number of carboxylic acid groups (broad SMARTS) is 1. The Bertz CT molecular complexity index is 265. The molecule has 1 rings (SSSR count). The second-order valence-electron chi connectivity index (χ2n) is 2.75. The number of aliphatic hydroxyl groups is 2. The summed E-state index contributed by atoms with van der Waals surface area (Å²) in [5.41, 5.74) is 0. The van der Waals surface area contributed by atoms with Gasteiger partial charge in [0, 0.05) is 31.1 Å². The number of rotatable bonds is 3. The molecule has 0 aromatic heterocycles. The molecule has 1 amide bonds. The maximum Gasteiger partial charge on any atom is 0.264 e. The van der Waals surface area contributed by atoms with Crippen molar-refractivity contribution in [3.63, 3.8) is 0 Å². The van der Waals surface area contributed by atoms with Gasteiger partial charge in [0.1, 0.15) is 5.97 Å². The van der Waals surface area contributed by atoms with E-state index in [1.807, 2.05) is 5.32 Å². The first-order chi connectivity index (χ1) is 7.06. The van der Waals surface area contributed by atoms with Crippen molar-refractivity contribution in [3.8, 4) is 0 Å². The molecule has 1 fully saturated rings. The smallest absolute Gasteiger partial charge is 0.264 e. The van der Waals surface area contributed by atoms with E-state index in [0.29, 0.717) is 0 Å². The number of nitrogens with one attached hydrogen (secondary N) is 1. The van der Waals surface area contributed by atoms with Crippen molar-refractivity contribution < 1.29 is 60.8 Å². The minimum atomic E-state index is -1.89. The SMILES string of the molecule is [3H]OC[C@H]1O[CH-]C(NC(=O)C(=O)[O-])[C@H]1O.[U]. The van der Waals surface area contributed by atoms with Crippen LogP contribution in [-0.4, -0.2) is 48.4 Å².